The molecular weight excluding hydrogens is 419 g/mol. The molecule has 1 fully saturated rings. The summed E-state index contributed by atoms with van der Waals surface area (Å²) < 4.78 is 73.0. The fourth-order valence-corrected chi connectivity index (χ4v) is 6.58. The number of rotatable bonds is 4. The first-order valence-electron chi connectivity index (χ1n) is 9.29. The summed E-state index contributed by atoms with van der Waals surface area (Å²) in [7, 11) is -7.59. The Labute approximate surface area is 169 Å². The van der Waals surface area contributed by atoms with Crippen molar-refractivity contribution in [2.45, 2.75) is 22.6 Å². The zero-order chi connectivity index (χ0) is 20.6. The number of benzene rings is 2. The molecule has 0 spiro atoms. The van der Waals surface area contributed by atoms with Gasteiger partial charge in [-0.25, -0.2) is 21.2 Å². The summed E-state index contributed by atoms with van der Waals surface area (Å²) >= 11 is 0. The Hall–Kier alpha value is -2.01. The van der Waals surface area contributed by atoms with Crippen molar-refractivity contribution in [1.29, 1.82) is 0 Å². The molecule has 0 aliphatic carbocycles. The first-order valence-corrected chi connectivity index (χ1v) is 12.2. The van der Waals surface area contributed by atoms with Crippen LogP contribution in [0.15, 0.2) is 52.3 Å². The van der Waals surface area contributed by atoms with Crippen molar-refractivity contribution in [2.75, 3.05) is 37.2 Å². The van der Waals surface area contributed by atoms with Gasteiger partial charge in [-0.2, -0.15) is 4.31 Å². The van der Waals surface area contributed by atoms with E-state index in [1.807, 2.05) is 0 Å². The van der Waals surface area contributed by atoms with Crippen molar-refractivity contribution in [3.8, 4) is 0 Å². The normalized spacial score (nSPS) is 18.4. The lowest BCUT2D eigenvalue weighted by molar-refractivity contribution is 0.0730. The van der Waals surface area contributed by atoms with Gasteiger partial charge >= 0.3 is 0 Å². The predicted octanol–water partition coefficient (Wildman–Crippen LogP) is 1.99. The molecule has 0 amide bonds. The zero-order valence-electron chi connectivity index (χ0n) is 15.6. The number of morpholine rings is 1. The van der Waals surface area contributed by atoms with E-state index in [0.29, 0.717) is 37.3 Å². The van der Waals surface area contributed by atoms with Crippen LogP contribution in [0, 0.1) is 5.82 Å². The van der Waals surface area contributed by atoms with E-state index in [4.69, 9.17) is 4.74 Å². The topological polar surface area (TPSA) is 84.0 Å². The number of anilines is 1. The van der Waals surface area contributed by atoms with Crippen LogP contribution in [0.5, 0.6) is 0 Å². The molecule has 0 atom stereocenters. The third kappa shape index (κ3) is 3.77. The number of nitrogens with zero attached hydrogens (tertiary/aromatic N) is 2. The van der Waals surface area contributed by atoms with Crippen LogP contribution in [-0.4, -0.2) is 54.0 Å². The predicted molar refractivity (Wildman–Crippen MR) is 105 cm³/mol. The first-order chi connectivity index (χ1) is 13.8. The quantitative estimate of drug-likeness (QED) is 0.726. The standard InChI is InChI=1S/C19H21FN2O5S2/c20-16-3-8-19-15(14-16)2-1-9-22(19)29(25,26)18-6-4-17(5-7-18)28(23,24)21-10-12-27-13-11-21/h3-8,14H,1-2,9-13H2. The van der Waals surface area contributed by atoms with Crippen LogP contribution < -0.4 is 4.31 Å². The lowest BCUT2D eigenvalue weighted by Crippen LogP contribution is -2.40. The van der Waals surface area contributed by atoms with Crippen LogP contribution in [0.2, 0.25) is 0 Å². The fourth-order valence-electron chi connectivity index (χ4n) is 3.63. The molecule has 156 valence electrons. The SMILES string of the molecule is O=S(=O)(c1ccc(S(=O)(=O)N2CCCc3cc(F)ccc32)cc1)N1CCOCC1. The molecular formula is C19H21FN2O5S2. The number of fused-ring (bicyclic) bond motifs is 1. The molecule has 2 aromatic rings. The Morgan fingerprint density at radius 3 is 2.10 bits per heavy atom. The van der Waals surface area contributed by atoms with Crippen molar-refractivity contribution in [3.63, 3.8) is 0 Å². The molecule has 7 nitrogen and oxygen atoms in total. The molecule has 10 heteroatoms. The summed E-state index contributed by atoms with van der Waals surface area (Å²) in [5, 5.41) is 0. The summed E-state index contributed by atoms with van der Waals surface area (Å²) in [6.45, 7) is 1.49. The molecule has 2 aromatic carbocycles. The van der Waals surface area contributed by atoms with Gasteiger partial charge in [0.15, 0.2) is 0 Å². The van der Waals surface area contributed by atoms with Gasteiger partial charge in [0.05, 0.1) is 28.7 Å². The maximum atomic E-state index is 13.5. The lowest BCUT2D eigenvalue weighted by atomic mass is 10.0. The third-order valence-electron chi connectivity index (χ3n) is 5.14. The second-order valence-corrected chi connectivity index (χ2v) is 10.7. The number of ether oxygens (including phenoxy) is 1. The number of aryl methyl sites for hydroxylation is 1. The molecule has 0 aromatic heterocycles. The molecule has 0 N–H and O–H groups in total. The highest BCUT2D eigenvalue weighted by atomic mass is 32.2. The molecule has 2 heterocycles. The summed E-state index contributed by atoms with van der Waals surface area (Å²) in [5.41, 5.74) is 1.11. The fraction of sp³-hybridized carbons (Fsp3) is 0.368. The summed E-state index contributed by atoms with van der Waals surface area (Å²) in [5.74, 6) is -0.402. The Kier molecular flexibility index (Phi) is 5.36. The largest absolute Gasteiger partial charge is 0.379 e. The number of hydrogen-bond acceptors (Lipinski definition) is 5. The van der Waals surface area contributed by atoms with E-state index in [0.717, 1.165) is 0 Å². The Balaban J connectivity index is 1.64. The highest BCUT2D eigenvalue weighted by Gasteiger charge is 2.31. The highest BCUT2D eigenvalue weighted by Crippen LogP contribution is 2.32. The van der Waals surface area contributed by atoms with Gasteiger partial charge in [-0.1, -0.05) is 0 Å². The van der Waals surface area contributed by atoms with Crippen LogP contribution >= 0.6 is 0 Å². The van der Waals surface area contributed by atoms with Gasteiger partial charge in [-0.15, -0.1) is 0 Å². The number of hydrogen-bond donors (Lipinski definition) is 0. The van der Waals surface area contributed by atoms with E-state index in [1.54, 1.807) is 0 Å². The Morgan fingerprint density at radius 1 is 0.828 bits per heavy atom. The van der Waals surface area contributed by atoms with Crippen LogP contribution in [-0.2, 0) is 31.2 Å². The molecule has 2 aliphatic heterocycles. The smallest absolute Gasteiger partial charge is 0.264 e. The molecule has 4 rings (SSSR count). The number of halogens is 1. The zero-order valence-corrected chi connectivity index (χ0v) is 17.3. The van der Waals surface area contributed by atoms with Crippen LogP contribution in [0.4, 0.5) is 10.1 Å². The van der Waals surface area contributed by atoms with Crippen molar-refractivity contribution < 1.29 is 26.0 Å². The monoisotopic (exact) mass is 440 g/mol. The minimum absolute atomic E-state index is 0.00407. The average molecular weight is 441 g/mol. The van der Waals surface area contributed by atoms with Crippen molar-refractivity contribution in [2.24, 2.45) is 0 Å². The van der Waals surface area contributed by atoms with Gasteiger partial charge in [-0.3, -0.25) is 4.31 Å². The molecule has 1 saturated heterocycles. The van der Waals surface area contributed by atoms with Gasteiger partial charge in [0, 0.05) is 19.6 Å². The minimum atomic E-state index is -3.89. The van der Waals surface area contributed by atoms with Crippen LogP contribution in [0.25, 0.3) is 0 Å². The molecule has 0 radical (unpaired) electrons. The van der Waals surface area contributed by atoms with Crippen LogP contribution in [0.1, 0.15) is 12.0 Å². The number of sulfonamides is 2. The highest BCUT2D eigenvalue weighted by molar-refractivity contribution is 7.93. The minimum Gasteiger partial charge on any atom is -0.379 e. The first kappa shape index (κ1) is 20.3. The van der Waals surface area contributed by atoms with Gasteiger partial charge in [-0.05, 0) is 60.9 Å². The molecule has 0 saturated carbocycles. The van der Waals surface area contributed by atoms with E-state index < -0.39 is 25.9 Å². The Morgan fingerprint density at radius 2 is 1.45 bits per heavy atom. The summed E-state index contributed by atoms with van der Waals surface area (Å²) in [6.07, 6.45) is 1.19. The van der Waals surface area contributed by atoms with Gasteiger partial charge in [0.1, 0.15) is 5.82 Å². The molecule has 29 heavy (non-hydrogen) atoms. The van der Waals surface area contributed by atoms with E-state index in [9.17, 15) is 21.2 Å². The van der Waals surface area contributed by atoms with Gasteiger partial charge in [0.2, 0.25) is 10.0 Å². The second kappa shape index (κ2) is 7.67. The van der Waals surface area contributed by atoms with E-state index in [2.05, 4.69) is 0 Å². The molecule has 2 aliphatic rings. The van der Waals surface area contributed by atoms with E-state index in [1.165, 1.54) is 51.1 Å². The summed E-state index contributed by atoms with van der Waals surface area (Å²) in [6, 6.07) is 9.31. The molecule has 0 bridgehead atoms. The van der Waals surface area contributed by atoms with Crippen molar-refractivity contribution in [1.82, 2.24) is 4.31 Å². The summed E-state index contributed by atoms with van der Waals surface area (Å²) in [4.78, 5) is 0.0371. The van der Waals surface area contributed by atoms with E-state index in [-0.39, 0.29) is 29.4 Å². The Bertz CT molecular complexity index is 1110. The average Bonchev–Trinajstić information content (AvgIpc) is 2.73. The third-order valence-corrected chi connectivity index (χ3v) is 8.88. The van der Waals surface area contributed by atoms with Gasteiger partial charge < -0.3 is 4.74 Å². The van der Waals surface area contributed by atoms with Crippen molar-refractivity contribution in [3.05, 3.63) is 53.8 Å². The van der Waals surface area contributed by atoms with Gasteiger partial charge in [0.25, 0.3) is 10.0 Å². The molecule has 0 unspecified atom stereocenters. The maximum absolute atomic E-state index is 13.5. The van der Waals surface area contributed by atoms with Crippen LogP contribution in [0.3, 0.4) is 0 Å². The lowest BCUT2D eigenvalue weighted by Gasteiger charge is -2.30. The maximum Gasteiger partial charge on any atom is 0.264 e. The van der Waals surface area contributed by atoms with E-state index >= 15 is 0 Å². The van der Waals surface area contributed by atoms with Crippen molar-refractivity contribution >= 4 is 25.7 Å². The second-order valence-electron chi connectivity index (χ2n) is 6.94.